The molecule has 2 aromatic carbocycles. The lowest BCUT2D eigenvalue weighted by Gasteiger charge is -2.26. The second kappa shape index (κ2) is 10.6. The highest BCUT2D eigenvalue weighted by Crippen LogP contribution is 2.27. The van der Waals surface area contributed by atoms with Crippen LogP contribution in [0.3, 0.4) is 0 Å². The first-order valence-corrected chi connectivity index (χ1v) is 9.39. The summed E-state index contributed by atoms with van der Waals surface area (Å²) in [5.41, 5.74) is 2.38. The Balaban J connectivity index is 2.20. The first-order chi connectivity index (χ1) is 13.7. The van der Waals surface area contributed by atoms with Crippen LogP contribution >= 0.6 is 23.2 Å². The average molecular weight is 442 g/mol. The lowest BCUT2D eigenvalue weighted by molar-refractivity contribution is -0.154. The summed E-state index contributed by atoms with van der Waals surface area (Å²) in [6, 6.07) is 11.3. The molecule has 0 aliphatic rings. The van der Waals surface area contributed by atoms with E-state index < -0.39 is 30.1 Å². The molecule has 0 aliphatic heterocycles. The number of halogens is 2. The summed E-state index contributed by atoms with van der Waals surface area (Å²) in [7, 11) is 1.33. The van der Waals surface area contributed by atoms with E-state index in [0.29, 0.717) is 15.6 Å². The summed E-state index contributed by atoms with van der Waals surface area (Å²) in [5.74, 6) is -2.13. The standard InChI is InChI=1S/C20H21Cl2NO6/c1-29-10-17(24)23-16(18(25)19(26)20(27)28)6-11-2-4-12(5-3-11)13-7-14(21)9-15(22)8-13/h2-5,7-9,16,18-19,25-26H,6,10H2,1H3,(H,23,24)(H,27,28)/t16-,18-,19-/m1/s1. The number of ether oxygens (including phenoxy) is 1. The van der Waals surface area contributed by atoms with Gasteiger partial charge in [0.15, 0.2) is 6.10 Å². The fraction of sp³-hybridized carbons (Fsp3) is 0.300. The van der Waals surface area contributed by atoms with Crippen LogP contribution in [0.4, 0.5) is 0 Å². The van der Waals surface area contributed by atoms with E-state index in [2.05, 4.69) is 5.32 Å². The van der Waals surface area contributed by atoms with E-state index in [0.717, 1.165) is 11.1 Å². The van der Waals surface area contributed by atoms with Crippen molar-refractivity contribution in [2.45, 2.75) is 24.7 Å². The molecule has 0 aliphatic carbocycles. The minimum atomic E-state index is -2.05. The van der Waals surface area contributed by atoms with Crippen molar-refractivity contribution < 1.29 is 29.6 Å². The zero-order valence-electron chi connectivity index (χ0n) is 15.5. The summed E-state index contributed by atoms with van der Waals surface area (Å²) in [6.07, 6.45) is -3.66. The Bertz CT molecular complexity index is 838. The molecule has 2 aromatic rings. The van der Waals surface area contributed by atoms with Crippen LogP contribution in [-0.4, -0.2) is 59.2 Å². The molecule has 1 amide bonds. The molecular weight excluding hydrogens is 421 g/mol. The molecule has 0 spiro atoms. The van der Waals surface area contributed by atoms with Gasteiger partial charge in [0.2, 0.25) is 5.91 Å². The van der Waals surface area contributed by atoms with Crippen LogP contribution in [0, 0.1) is 0 Å². The number of benzene rings is 2. The van der Waals surface area contributed by atoms with Gasteiger partial charge < -0.3 is 25.4 Å². The second-order valence-corrected chi connectivity index (χ2v) is 7.31. The van der Waals surface area contributed by atoms with Crippen molar-refractivity contribution in [3.05, 3.63) is 58.1 Å². The van der Waals surface area contributed by atoms with E-state index in [-0.39, 0.29) is 13.0 Å². The van der Waals surface area contributed by atoms with E-state index in [1.165, 1.54) is 7.11 Å². The number of hydrogen-bond acceptors (Lipinski definition) is 5. The first kappa shape index (κ1) is 23.1. The lowest BCUT2D eigenvalue weighted by atomic mass is 9.96. The maximum atomic E-state index is 11.8. The zero-order valence-corrected chi connectivity index (χ0v) is 17.0. The molecule has 0 aromatic heterocycles. The van der Waals surface area contributed by atoms with Gasteiger partial charge in [-0.1, -0.05) is 47.5 Å². The second-order valence-electron chi connectivity index (χ2n) is 6.44. The van der Waals surface area contributed by atoms with Gasteiger partial charge in [-0.3, -0.25) is 4.79 Å². The van der Waals surface area contributed by atoms with Crippen molar-refractivity contribution in [1.82, 2.24) is 5.32 Å². The van der Waals surface area contributed by atoms with Gasteiger partial charge in [0.25, 0.3) is 0 Å². The van der Waals surface area contributed by atoms with E-state index in [4.69, 9.17) is 33.0 Å². The topological polar surface area (TPSA) is 116 Å². The summed E-state index contributed by atoms with van der Waals surface area (Å²) >= 11 is 12.1. The van der Waals surface area contributed by atoms with Gasteiger partial charge in [-0.2, -0.15) is 0 Å². The quantitative estimate of drug-likeness (QED) is 0.473. The smallest absolute Gasteiger partial charge is 0.335 e. The maximum Gasteiger partial charge on any atom is 0.335 e. The van der Waals surface area contributed by atoms with Crippen LogP contribution in [0.15, 0.2) is 42.5 Å². The molecule has 0 bridgehead atoms. The van der Waals surface area contributed by atoms with Crippen LogP contribution in [0.25, 0.3) is 11.1 Å². The molecule has 2 rings (SSSR count). The van der Waals surface area contributed by atoms with Crippen molar-refractivity contribution in [3.63, 3.8) is 0 Å². The number of amides is 1. The van der Waals surface area contributed by atoms with Crippen LogP contribution in [0.2, 0.25) is 10.0 Å². The van der Waals surface area contributed by atoms with Crippen LogP contribution in [0.1, 0.15) is 5.56 Å². The van der Waals surface area contributed by atoms with Gasteiger partial charge in [-0.05, 0) is 41.3 Å². The molecule has 0 heterocycles. The highest BCUT2D eigenvalue weighted by atomic mass is 35.5. The number of carbonyl (C=O) groups excluding carboxylic acids is 1. The SMILES string of the molecule is COCC(=O)N[C@H](Cc1ccc(-c2cc(Cl)cc(Cl)c2)cc1)[C@@H](O)[C@@H](O)C(=O)O. The number of aliphatic hydroxyl groups excluding tert-OH is 2. The summed E-state index contributed by atoms with van der Waals surface area (Å²) < 4.78 is 4.73. The van der Waals surface area contributed by atoms with Crippen molar-refractivity contribution in [3.8, 4) is 11.1 Å². The van der Waals surface area contributed by atoms with Gasteiger partial charge in [-0.25, -0.2) is 4.79 Å². The number of carboxylic acids is 1. The molecule has 0 fully saturated rings. The largest absolute Gasteiger partial charge is 0.479 e. The van der Waals surface area contributed by atoms with Crippen LogP contribution < -0.4 is 5.32 Å². The number of hydrogen-bond donors (Lipinski definition) is 4. The highest BCUT2D eigenvalue weighted by Gasteiger charge is 2.32. The Morgan fingerprint density at radius 2 is 1.62 bits per heavy atom. The fourth-order valence-corrected chi connectivity index (χ4v) is 3.34. The number of rotatable bonds is 9. The maximum absolute atomic E-state index is 11.8. The monoisotopic (exact) mass is 441 g/mol. The Hall–Kier alpha value is -2.16. The third-order valence-electron chi connectivity index (χ3n) is 4.22. The van der Waals surface area contributed by atoms with Gasteiger partial charge >= 0.3 is 5.97 Å². The Labute approximate surface area is 177 Å². The summed E-state index contributed by atoms with van der Waals surface area (Å²) in [4.78, 5) is 22.8. The molecule has 0 saturated heterocycles. The molecular formula is C20H21Cl2NO6. The molecule has 0 unspecified atom stereocenters. The number of aliphatic carboxylic acids is 1. The molecule has 3 atom stereocenters. The van der Waals surface area contributed by atoms with E-state index in [9.17, 15) is 19.8 Å². The summed E-state index contributed by atoms with van der Waals surface area (Å²) in [5, 5.41) is 32.3. The number of methoxy groups -OCH3 is 1. The fourth-order valence-electron chi connectivity index (χ4n) is 2.81. The third kappa shape index (κ3) is 6.69. The number of nitrogens with one attached hydrogen (secondary N) is 1. The Morgan fingerprint density at radius 1 is 1.03 bits per heavy atom. The predicted molar refractivity (Wildman–Crippen MR) is 109 cm³/mol. The average Bonchev–Trinajstić information content (AvgIpc) is 2.66. The van der Waals surface area contributed by atoms with Gasteiger partial charge in [0.05, 0.1) is 6.04 Å². The number of carbonyl (C=O) groups is 2. The van der Waals surface area contributed by atoms with Crippen LogP contribution in [0.5, 0.6) is 0 Å². The molecule has 0 saturated carbocycles. The van der Waals surface area contributed by atoms with Gasteiger partial charge in [0, 0.05) is 17.2 Å². The highest BCUT2D eigenvalue weighted by molar-refractivity contribution is 6.35. The normalized spacial score (nSPS) is 14.1. The van der Waals surface area contributed by atoms with E-state index in [1.54, 1.807) is 30.3 Å². The van der Waals surface area contributed by atoms with Gasteiger partial charge in [-0.15, -0.1) is 0 Å². The lowest BCUT2D eigenvalue weighted by Crippen LogP contribution is -2.52. The predicted octanol–water partition coefficient (Wildman–Crippen LogP) is 2.14. The molecule has 7 nitrogen and oxygen atoms in total. The summed E-state index contributed by atoms with van der Waals surface area (Å²) in [6.45, 7) is -0.263. The van der Waals surface area contributed by atoms with Crippen molar-refractivity contribution >= 4 is 35.1 Å². The Kier molecular flexibility index (Phi) is 8.43. The van der Waals surface area contributed by atoms with E-state index in [1.807, 2.05) is 12.1 Å². The van der Waals surface area contributed by atoms with Gasteiger partial charge in [0.1, 0.15) is 12.7 Å². The van der Waals surface area contributed by atoms with Crippen molar-refractivity contribution in [2.75, 3.05) is 13.7 Å². The van der Waals surface area contributed by atoms with Crippen LogP contribution in [-0.2, 0) is 20.7 Å². The number of aliphatic hydroxyl groups is 2. The van der Waals surface area contributed by atoms with Crippen molar-refractivity contribution in [1.29, 1.82) is 0 Å². The van der Waals surface area contributed by atoms with E-state index >= 15 is 0 Å². The first-order valence-electron chi connectivity index (χ1n) is 8.64. The molecule has 29 heavy (non-hydrogen) atoms. The van der Waals surface area contributed by atoms with Crippen molar-refractivity contribution in [2.24, 2.45) is 0 Å². The minimum Gasteiger partial charge on any atom is -0.479 e. The third-order valence-corrected chi connectivity index (χ3v) is 4.65. The minimum absolute atomic E-state index is 0.0948. The Morgan fingerprint density at radius 3 is 2.14 bits per heavy atom. The molecule has 0 radical (unpaired) electrons. The zero-order chi connectivity index (χ0) is 21.6. The number of carboxylic acid groups (broad SMARTS) is 1. The molecule has 156 valence electrons. The molecule has 9 heteroatoms. The molecule has 4 N–H and O–H groups in total.